The second-order valence-electron chi connectivity index (χ2n) is 9.01. The molecule has 0 radical (unpaired) electrons. The van der Waals surface area contributed by atoms with Crippen LogP contribution >= 0.6 is 15.9 Å². The van der Waals surface area contributed by atoms with Crippen molar-refractivity contribution < 1.29 is 14.4 Å². The smallest absolute Gasteiger partial charge is 0.320 e. The van der Waals surface area contributed by atoms with Crippen LogP contribution in [0.1, 0.15) is 38.3 Å². The van der Waals surface area contributed by atoms with Crippen LogP contribution < -0.4 is 16.1 Å². The summed E-state index contributed by atoms with van der Waals surface area (Å²) in [6.45, 7) is 9.62. The summed E-state index contributed by atoms with van der Waals surface area (Å²) in [5.74, 6) is -2.14. The molecule has 0 aliphatic rings. The number of amides is 3. The highest BCUT2D eigenvalue weighted by Gasteiger charge is 2.22. The van der Waals surface area contributed by atoms with Crippen LogP contribution in [0, 0.1) is 34.6 Å². The third kappa shape index (κ3) is 5.18. The fourth-order valence-corrected chi connectivity index (χ4v) is 4.69. The van der Waals surface area contributed by atoms with Gasteiger partial charge in [-0.25, -0.2) is 4.68 Å². The Hall–Kier alpha value is -3.91. The molecule has 0 spiro atoms. The first-order chi connectivity index (χ1) is 17.0. The van der Waals surface area contributed by atoms with Gasteiger partial charge in [-0.3, -0.25) is 19.8 Å². The van der Waals surface area contributed by atoms with E-state index < -0.39 is 17.7 Å². The molecule has 0 atom stereocenters. The molecule has 7 nitrogen and oxygen atoms in total. The van der Waals surface area contributed by atoms with Crippen molar-refractivity contribution in [3.05, 3.63) is 92.6 Å². The standard InChI is InChI=1S/C28H27BrN4O3/c1-15-6-8-22(17(3)10-15)30-26(34)24-14-20-13-21(29)7-9-23(20)33(24)32-28(36)27(35)31-25-18(4)11-16(2)12-19(25)5/h6-14H,1-5H3,(H,30,34)(H,31,35)(H,32,36). The molecule has 184 valence electrons. The molecule has 1 aromatic heterocycles. The van der Waals surface area contributed by atoms with Gasteiger partial charge < -0.3 is 10.6 Å². The van der Waals surface area contributed by atoms with Crippen LogP contribution in [-0.2, 0) is 9.59 Å². The van der Waals surface area contributed by atoms with Gasteiger partial charge in [0.05, 0.1) is 5.52 Å². The van der Waals surface area contributed by atoms with Gasteiger partial charge in [0.1, 0.15) is 5.69 Å². The quantitative estimate of drug-likeness (QED) is 0.278. The number of hydrogen-bond donors (Lipinski definition) is 3. The van der Waals surface area contributed by atoms with E-state index in [9.17, 15) is 14.4 Å². The summed E-state index contributed by atoms with van der Waals surface area (Å²) in [5, 5.41) is 6.34. The van der Waals surface area contributed by atoms with E-state index in [4.69, 9.17) is 0 Å². The summed E-state index contributed by atoms with van der Waals surface area (Å²) in [6.07, 6.45) is 0. The Morgan fingerprint density at radius 3 is 2.06 bits per heavy atom. The van der Waals surface area contributed by atoms with Crippen LogP contribution in [0.5, 0.6) is 0 Å². The number of fused-ring (bicyclic) bond motifs is 1. The fraction of sp³-hybridized carbons (Fsp3) is 0.179. The highest BCUT2D eigenvalue weighted by molar-refractivity contribution is 9.10. The van der Waals surface area contributed by atoms with Crippen molar-refractivity contribution in [3.8, 4) is 0 Å². The maximum Gasteiger partial charge on any atom is 0.328 e. The highest BCUT2D eigenvalue weighted by atomic mass is 79.9. The Balaban J connectivity index is 1.65. The summed E-state index contributed by atoms with van der Waals surface area (Å²) in [4.78, 5) is 39.1. The Morgan fingerprint density at radius 2 is 1.39 bits per heavy atom. The van der Waals surface area contributed by atoms with Crippen LogP contribution in [0.4, 0.5) is 11.4 Å². The Labute approximate surface area is 218 Å². The van der Waals surface area contributed by atoms with Crippen molar-refractivity contribution in [1.29, 1.82) is 0 Å². The minimum Gasteiger partial charge on any atom is -0.320 e. The summed E-state index contributed by atoms with van der Waals surface area (Å²) < 4.78 is 2.17. The fourth-order valence-electron chi connectivity index (χ4n) is 4.31. The Kier molecular flexibility index (Phi) is 6.99. The Bertz CT molecular complexity index is 1510. The lowest BCUT2D eigenvalue weighted by Gasteiger charge is -2.15. The maximum absolute atomic E-state index is 13.3. The number of anilines is 2. The van der Waals surface area contributed by atoms with Crippen molar-refractivity contribution in [1.82, 2.24) is 4.68 Å². The predicted molar refractivity (Wildman–Crippen MR) is 147 cm³/mol. The SMILES string of the molecule is Cc1ccc(NC(=O)c2cc3cc(Br)ccc3n2NC(=O)C(=O)Nc2c(C)cc(C)cc2C)c(C)c1. The molecule has 1 heterocycles. The van der Waals surface area contributed by atoms with Crippen LogP contribution in [0.15, 0.2) is 59.1 Å². The molecule has 4 aromatic rings. The molecule has 0 saturated carbocycles. The summed E-state index contributed by atoms with van der Waals surface area (Å²) >= 11 is 3.44. The van der Waals surface area contributed by atoms with E-state index in [1.807, 2.05) is 71.0 Å². The van der Waals surface area contributed by atoms with Gasteiger partial charge in [0.15, 0.2) is 0 Å². The second kappa shape index (κ2) is 9.99. The number of hydrogen-bond acceptors (Lipinski definition) is 3. The van der Waals surface area contributed by atoms with E-state index in [1.54, 1.807) is 18.2 Å². The zero-order valence-electron chi connectivity index (χ0n) is 20.7. The summed E-state index contributed by atoms with van der Waals surface area (Å²) in [7, 11) is 0. The van der Waals surface area contributed by atoms with Crippen molar-refractivity contribution in [3.63, 3.8) is 0 Å². The van der Waals surface area contributed by atoms with E-state index in [0.29, 0.717) is 16.9 Å². The second-order valence-corrected chi connectivity index (χ2v) is 9.93. The number of carbonyl (C=O) groups is 3. The number of aryl methyl sites for hydroxylation is 5. The lowest BCUT2D eigenvalue weighted by Crippen LogP contribution is -2.36. The molecule has 3 aromatic carbocycles. The minimum absolute atomic E-state index is 0.187. The number of rotatable bonds is 4. The van der Waals surface area contributed by atoms with E-state index in [1.165, 1.54) is 4.68 Å². The van der Waals surface area contributed by atoms with Crippen LogP contribution in [0.25, 0.3) is 10.9 Å². The van der Waals surface area contributed by atoms with Gasteiger partial charge in [-0.2, -0.15) is 0 Å². The Morgan fingerprint density at radius 1 is 0.722 bits per heavy atom. The molecular formula is C28H27BrN4O3. The normalized spacial score (nSPS) is 10.8. The lowest BCUT2D eigenvalue weighted by atomic mass is 10.1. The van der Waals surface area contributed by atoms with Crippen molar-refractivity contribution in [2.24, 2.45) is 0 Å². The van der Waals surface area contributed by atoms with Gasteiger partial charge in [-0.15, -0.1) is 0 Å². The molecular weight excluding hydrogens is 520 g/mol. The predicted octanol–water partition coefficient (Wildman–Crippen LogP) is 5.91. The van der Waals surface area contributed by atoms with E-state index in [-0.39, 0.29) is 5.69 Å². The number of halogens is 1. The van der Waals surface area contributed by atoms with Crippen LogP contribution in [-0.4, -0.2) is 22.4 Å². The average molecular weight is 547 g/mol. The minimum atomic E-state index is -0.893. The number of aromatic nitrogens is 1. The molecule has 0 unspecified atom stereocenters. The average Bonchev–Trinajstić information content (AvgIpc) is 3.15. The largest absolute Gasteiger partial charge is 0.328 e. The van der Waals surface area contributed by atoms with Gasteiger partial charge in [0.2, 0.25) is 0 Å². The number of carbonyl (C=O) groups excluding carboxylic acids is 3. The van der Waals surface area contributed by atoms with Gasteiger partial charge in [0.25, 0.3) is 5.91 Å². The highest BCUT2D eigenvalue weighted by Crippen LogP contribution is 2.25. The number of nitrogens with zero attached hydrogens (tertiary/aromatic N) is 1. The van der Waals surface area contributed by atoms with Gasteiger partial charge >= 0.3 is 11.8 Å². The monoisotopic (exact) mass is 546 g/mol. The molecule has 0 saturated heterocycles. The molecule has 0 aliphatic carbocycles. The molecule has 0 bridgehead atoms. The lowest BCUT2D eigenvalue weighted by molar-refractivity contribution is -0.133. The van der Waals surface area contributed by atoms with E-state index in [0.717, 1.165) is 37.7 Å². The molecule has 3 amide bonds. The topological polar surface area (TPSA) is 92.2 Å². The first kappa shape index (κ1) is 25.2. The molecule has 0 aliphatic heterocycles. The van der Waals surface area contributed by atoms with Gasteiger partial charge in [-0.1, -0.05) is 51.3 Å². The molecule has 36 heavy (non-hydrogen) atoms. The molecule has 8 heteroatoms. The maximum atomic E-state index is 13.3. The molecule has 3 N–H and O–H groups in total. The van der Waals surface area contributed by atoms with Crippen LogP contribution in [0.2, 0.25) is 0 Å². The summed E-state index contributed by atoms with van der Waals surface area (Å²) in [5.41, 5.74) is 9.41. The van der Waals surface area contributed by atoms with Gasteiger partial charge in [-0.05, 0) is 81.6 Å². The first-order valence-electron chi connectivity index (χ1n) is 11.4. The number of nitrogens with one attached hydrogen (secondary N) is 3. The van der Waals surface area contributed by atoms with Gasteiger partial charge in [0, 0.05) is 21.2 Å². The van der Waals surface area contributed by atoms with Crippen molar-refractivity contribution in [2.75, 3.05) is 16.1 Å². The third-order valence-corrected chi connectivity index (χ3v) is 6.45. The van der Waals surface area contributed by atoms with E-state index in [2.05, 4.69) is 32.0 Å². The summed E-state index contributed by atoms with van der Waals surface area (Å²) in [6, 6.07) is 16.7. The zero-order chi connectivity index (χ0) is 26.1. The first-order valence-corrected chi connectivity index (χ1v) is 12.2. The van der Waals surface area contributed by atoms with Crippen molar-refractivity contribution in [2.45, 2.75) is 34.6 Å². The molecule has 4 rings (SSSR count). The van der Waals surface area contributed by atoms with E-state index >= 15 is 0 Å². The third-order valence-electron chi connectivity index (χ3n) is 5.96. The zero-order valence-corrected chi connectivity index (χ0v) is 22.3. The van der Waals surface area contributed by atoms with Crippen LogP contribution in [0.3, 0.4) is 0 Å². The van der Waals surface area contributed by atoms with Crippen molar-refractivity contribution >= 4 is 55.9 Å². The molecule has 0 fully saturated rings. The number of benzene rings is 3.